The van der Waals surface area contributed by atoms with Crippen LogP contribution < -0.4 is 10.6 Å². The van der Waals surface area contributed by atoms with Crippen molar-refractivity contribution in [3.05, 3.63) is 116 Å². The zero-order valence-corrected chi connectivity index (χ0v) is 25.4. The molecule has 3 unspecified atom stereocenters. The molecule has 1 spiro atoms. The third-order valence-electron chi connectivity index (χ3n) is 7.87. The number of rotatable bonds is 8. The van der Waals surface area contributed by atoms with Crippen LogP contribution in [0.15, 0.2) is 84.4 Å². The maximum atomic E-state index is 13.4. The van der Waals surface area contributed by atoms with Gasteiger partial charge < -0.3 is 30.0 Å². The Morgan fingerprint density at radius 3 is 2.40 bits per heavy atom. The highest BCUT2D eigenvalue weighted by molar-refractivity contribution is 14.1. The predicted molar refractivity (Wildman–Crippen MR) is 165 cm³/mol. The first-order valence-electron chi connectivity index (χ1n) is 14.2. The fourth-order valence-electron chi connectivity index (χ4n) is 5.87. The fraction of sp³-hybridized carbons (Fsp3) is 0.303. The van der Waals surface area contributed by atoms with Gasteiger partial charge in [-0.25, -0.2) is 4.79 Å². The SMILES string of the molecule is O=C(NCc1cccc(C(=O)NCCO)c1)C1=CC2OC3(Cc4ccccc4C3)OC2C(OC(=O)c2cccc(I)c2)C1. The summed E-state index contributed by atoms with van der Waals surface area (Å²) in [6.07, 6.45) is 1.23. The summed E-state index contributed by atoms with van der Waals surface area (Å²) in [4.78, 5) is 38.9. The quantitative estimate of drug-likeness (QED) is 0.244. The standard InChI is InChI=1S/C33H31IN2O7/c34-26-10-4-9-22(14-26)32(40)41-27-15-25(31(39)36-19-20-5-3-8-21(13-20)30(38)35-11-12-37)16-28-29(27)43-33(42-28)17-23-6-1-2-7-24(23)18-33/h1-10,13-14,16,27-29,37H,11-12,15,17-19H2,(H,35,38)(H,36,39). The smallest absolute Gasteiger partial charge is 0.338 e. The zero-order chi connectivity index (χ0) is 30.0. The maximum absolute atomic E-state index is 13.4. The molecule has 3 aromatic rings. The number of fused-ring (bicyclic) bond motifs is 2. The molecule has 0 radical (unpaired) electrons. The van der Waals surface area contributed by atoms with Crippen LogP contribution in [-0.2, 0) is 38.4 Å². The average Bonchev–Trinajstić information content (AvgIpc) is 3.56. The summed E-state index contributed by atoms with van der Waals surface area (Å²) in [6.45, 7) is 0.196. The van der Waals surface area contributed by atoms with Gasteiger partial charge in [-0.05, 0) is 75.7 Å². The molecule has 10 heteroatoms. The maximum Gasteiger partial charge on any atom is 0.338 e. The Balaban J connectivity index is 1.19. The molecule has 0 aromatic heterocycles. The van der Waals surface area contributed by atoms with Gasteiger partial charge in [-0.15, -0.1) is 0 Å². The average molecular weight is 695 g/mol. The van der Waals surface area contributed by atoms with Crippen LogP contribution in [0.1, 0.15) is 43.8 Å². The summed E-state index contributed by atoms with van der Waals surface area (Å²) in [6, 6.07) is 22.2. The van der Waals surface area contributed by atoms with E-state index in [0.29, 0.717) is 29.5 Å². The van der Waals surface area contributed by atoms with E-state index in [2.05, 4.69) is 45.4 Å². The lowest BCUT2D eigenvalue weighted by molar-refractivity contribution is -0.172. The summed E-state index contributed by atoms with van der Waals surface area (Å²) >= 11 is 2.15. The molecule has 1 fully saturated rings. The topological polar surface area (TPSA) is 123 Å². The number of hydrogen-bond acceptors (Lipinski definition) is 7. The number of carbonyl (C=O) groups excluding carboxylic acids is 3. The van der Waals surface area contributed by atoms with Gasteiger partial charge in [0.1, 0.15) is 18.3 Å². The highest BCUT2D eigenvalue weighted by Gasteiger charge is 2.55. The number of halogens is 1. The van der Waals surface area contributed by atoms with Crippen LogP contribution >= 0.6 is 22.6 Å². The molecule has 43 heavy (non-hydrogen) atoms. The number of ether oxygens (including phenoxy) is 3. The summed E-state index contributed by atoms with van der Waals surface area (Å²) in [5.41, 5.74) is 4.35. The van der Waals surface area contributed by atoms with Crippen molar-refractivity contribution in [3.63, 3.8) is 0 Å². The van der Waals surface area contributed by atoms with E-state index in [4.69, 9.17) is 19.3 Å². The second-order valence-corrected chi connectivity index (χ2v) is 12.2. The number of amides is 2. The molecule has 1 saturated heterocycles. The van der Waals surface area contributed by atoms with E-state index >= 15 is 0 Å². The van der Waals surface area contributed by atoms with Crippen molar-refractivity contribution in [2.24, 2.45) is 0 Å². The molecule has 2 aliphatic carbocycles. The van der Waals surface area contributed by atoms with Crippen molar-refractivity contribution in [2.45, 2.75) is 49.9 Å². The first kappa shape index (κ1) is 29.5. The van der Waals surface area contributed by atoms with Crippen LogP contribution in [-0.4, -0.2) is 60.1 Å². The number of nitrogens with one attached hydrogen (secondary N) is 2. The van der Waals surface area contributed by atoms with Gasteiger partial charge in [0.25, 0.3) is 5.91 Å². The van der Waals surface area contributed by atoms with Gasteiger partial charge in [0, 0.05) is 47.1 Å². The summed E-state index contributed by atoms with van der Waals surface area (Å²) in [7, 11) is 0. The molecule has 6 rings (SSSR count). The number of aliphatic hydroxyl groups is 1. The van der Waals surface area contributed by atoms with Gasteiger partial charge in [-0.3, -0.25) is 9.59 Å². The molecule has 222 valence electrons. The lowest BCUT2D eigenvalue weighted by atomic mass is 9.91. The van der Waals surface area contributed by atoms with E-state index in [-0.39, 0.29) is 37.9 Å². The van der Waals surface area contributed by atoms with E-state index in [1.165, 1.54) is 0 Å². The number of carbonyl (C=O) groups is 3. The highest BCUT2D eigenvalue weighted by atomic mass is 127. The Morgan fingerprint density at radius 1 is 0.907 bits per heavy atom. The van der Waals surface area contributed by atoms with E-state index in [0.717, 1.165) is 20.3 Å². The van der Waals surface area contributed by atoms with Crippen LogP contribution in [0.5, 0.6) is 0 Å². The van der Waals surface area contributed by atoms with Gasteiger partial charge in [0.2, 0.25) is 5.91 Å². The number of hydrogen-bond donors (Lipinski definition) is 3. The van der Waals surface area contributed by atoms with E-state index in [1.807, 2.05) is 24.3 Å². The van der Waals surface area contributed by atoms with Gasteiger partial charge in [-0.1, -0.05) is 42.5 Å². The first-order chi connectivity index (χ1) is 20.8. The zero-order valence-electron chi connectivity index (χ0n) is 23.3. The van der Waals surface area contributed by atoms with E-state index in [1.54, 1.807) is 42.5 Å². The molecule has 3 atom stereocenters. The molecular weight excluding hydrogens is 663 g/mol. The third-order valence-corrected chi connectivity index (χ3v) is 8.54. The number of esters is 1. The minimum absolute atomic E-state index is 0.151. The summed E-state index contributed by atoms with van der Waals surface area (Å²) in [5, 5.41) is 14.5. The minimum Gasteiger partial charge on any atom is -0.456 e. The lowest BCUT2D eigenvalue weighted by Gasteiger charge is -2.30. The van der Waals surface area contributed by atoms with Crippen molar-refractivity contribution >= 4 is 40.4 Å². The van der Waals surface area contributed by atoms with Crippen LogP contribution in [0.4, 0.5) is 0 Å². The lowest BCUT2D eigenvalue weighted by Crippen LogP contribution is -2.43. The second kappa shape index (κ2) is 12.6. The van der Waals surface area contributed by atoms with Gasteiger partial charge >= 0.3 is 5.97 Å². The van der Waals surface area contributed by atoms with Crippen molar-refractivity contribution in [1.29, 1.82) is 0 Å². The number of aliphatic hydroxyl groups excluding tert-OH is 1. The van der Waals surface area contributed by atoms with Crippen molar-refractivity contribution < 1.29 is 33.7 Å². The molecule has 1 aliphatic heterocycles. The summed E-state index contributed by atoms with van der Waals surface area (Å²) in [5.74, 6) is -1.99. The Labute approximate surface area is 262 Å². The van der Waals surface area contributed by atoms with Gasteiger partial charge in [0.15, 0.2) is 5.79 Å². The third kappa shape index (κ3) is 6.52. The van der Waals surface area contributed by atoms with E-state index < -0.39 is 30.1 Å². The van der Waals surface area contributed by atoms with Crippen molar-refractivity contribution in [2.75, 3.05) is 13.2 Å². The first-order valence-corrected chi connectivity index (χ1v) is 15.3. The van der Waals surface area contributed by atoms with Crippen LogP contribution in [0.25, 0.3) is 0 Å². The van der Waals surface area contributed by atoms with Crippen LogP contribution in [0.3, 0.4) is 0 Å². The largest absolute Gasteiger partial charge is 0.456 e. The molecule has 3 aromatic carbocycles. The highest BCUT2D eigenvalue weighted by Crippen LogP contribution is 2.45. The predicted octanol–water partition coefficient (Wildman–Crippen LogP) is 3.46. The molecular formula is C33H31IN2O7. The molecule has 0 saturated carbocycles. The molecule has 2 amide bonds. The molecule has 3 N–H and O–H groups in total. The van der Waals surface area contributed by atoms with Gasteiger partial charge in [-0.2, -0.15) is 0 Å². The second-order valence-electron chi connectivity index (χ2n) is 10.9. The summed E-state index contributed by atoms with van der Waals surface area (Å²) < 4.78 is 20.0. The van der Waals surface area contributed by atoms with Crippen LogP contribution in [0, 0.1) is 3.57 Å². The van der Waals surface area contributed by atoms with Gasteiger partial charge in [0.05, 0.1) is 12.2 Å². The van der Waals surface area contributed by atoms with E-state index in [9.17, 15) is 14.4 Å². The fourth-order valence-corrected chi connectivity index (χ4v) is 6.42. The minimum atomic E-state index is -0.884. The Bertz CT molecular complexity index is 1560. The Morgan fingerprint density at radius 2 is 1.65 bits per heavy atom. The molecule has 9 nitrogen and oxygen atoms in total. The van der Waals surface area contributed by atoms with Crippen LogP contribution in [0.2, 0.25) is 0 Å². The number of benzene rings is 3. The Hall–Kier alpha value is -3.58. The monoisotopic (exact) mass is 694 g/mol. The molecule has 0 bridgehead atoms. The van der Waals surface area contributed by atoms with Crippen molar-refractivity contribution in [3.8, 4) is 0 Å². The molecule has 1 heterocycles. The molecule has 3 aliphatic rings. The normalized spacial score (nSPS) is 21.4. The Kier molecular flexibility index (Phi) is 8.62. The van der Waals surface area contributed by atoms with Crippen molar-refractivity contribution in [1.82, 2.24) is 10.6 Å².